The number of nitrogens with zero attached hydrogens (tertiary/aromatic N) is 1. The summed E-state index contributed by atoms with van der Waals surface area (Å²) in [6.45, 7) is 3.04. The third-order valence-corrected chi connectivity index (χ3v) is 2.46. The Hall–Kier alpha value is -1.15. The van der Waals surface area contributed by atoms with Crippen molar-refractivity contribution >= 4 is 0 Å². The monoisotopic (exact) mass is 191 g/mol. The molecule has 0 atom stereocenters. The standard InChI is InChI=1S/C12H14FN/c13-12-6-4-11(5-7-12)10-14-8-2-1-3-9-14/h1-2,4-7H,3,8-10H2. The summed E-state index contributed by atoms with van der Waals surface area (Å²) >= 11 is 0. The maximum Gasteiger partial charge on any atom is 0.123 e. The molecule has 0 radical (unpaired) electrons. The Kier molecular flexibility index (Phi) is 2.94. The van der Waals surface area contributed by atoms with Crippen molar-refractivity contribution in [3.8, 4) is 0 Å². The van der Waals surface area contributed by atoms with Gasteiger partial charge < -0.3 is 0 Å². The molecule has 14 heavy (non-hydrogen) atoms. The highest BCUT2D eigenvalue weighted by Gasteiger charge is 2.06. The Bertz CT molecular complexity index is 316. The summed E-state index contributed by atoms with van der Waals surface area (Å²) in [4.78, 5) is 2.35. The number of hydrogen-bond donors (Lipinski definition) is 0. The van der Waals surface area contributed by atoms with Gasteiger partial charge in [0.05, 0.1) is 0 Å². The first-order chi connectivity index (χ1) is 6.84. The third kappa shape index (κ3) is 2.42. The summed E-state index contributed by atoms with van der Waals surface area (Å²) in [5.74, 6) is -0.160. The largest absolute Gasteiger partial charge is 0.295 e. The lowest BCUT2D eigenvalue weighted by atomic mass is 10.2. The molecule has 0 unspecified atom stereocenters. The average Bonchev–Trinajstić information content (AvgIpc) is 2.23. The maximum atomic E-state index is 12.6. The highest BCUT2D eigenvalue weighted by Crippen LogP contribution is 2.09. The van der Waals surface area contributed by atoms with E-state index < -0.39 is 0 Å². The van der Waals surface area contributed by atoms with Crippen molar-refractivity contribution in [3.05, 3.63) is 47.8 Å². The fourth-order valence-electron chi connectivity index (χ4n) is 1.68. The van der Waals surface area contributed by atoms with Gasteiger partial charge in [-0.2, -0.15) is 0 Å². The summed E-state index contributed by atoms with van der Waals surface area (Å²) in [5.41, 5.74) is 1.18. The summed E-state index contributed by atoms with van der Waals surface area (Å²) in [5, 5.41) is 0. The molecule has 0 N–H and O–H groups in total. The predicted octanol–water partition coefficient (Wildman–Crippen LogP) is 2.59. The van der Waals surface area contributed by atoms with Crippen LogP contribution in [-0.2, 0) is 6.54 Å². The molecule has 0 saturated carbocycles. The molecule has 1 aromatic carbocycles. The molecule has 0 saturated heterocycles. The minimum atomic E-state index is -0.160. The Morgan fingerprint density at radius 2 is 1.93 bits per heavy atom. The number of halogens is 1. The number of benzene rings is 1. The fourth-order valence-corrected chi connectivity index (χ4v) is 1.68. The van der Waals surface area contributed by atoms with Crippen molar-refractivity contribution in [2.75, 3.05) is 13.1 Å². The topological polar surface area (TPSA) is 3.24 Å². The van der Waals surface area contributed by atoms with Gasteiger partial charge in [-0.1, -0.05) is 24.3 Å². The van der Waals surface area contributed by atoms with Crippen molar-refractivity contribution in [2.45, 2.75) is 13.0 Å². The number of hydrogen-bond acceptors (Lipinski definition) is 1. The highest BCUT2D eigenvalue weighted by atomic mass is 19.1. The predicted molar refractivity (Wildman–Crippen MR) is 55.4 cm³/mol. The van der Waals surface area contributed by atoms with E-state index in [-0.39, 0.29) is 5.82 Å². The minimum absolute atomic E-state index is 0.160. The molecule has 1 aliphatic heterocycles. The summed E-state index contributed by atoms with van der Waals surface area (Å²) in [6.07, 6.45) is 5.52. The van der Waals surface area contributed by atoms with Gasteiger partial charge >= 0.3 is 0 Å². The normalized spacial score (nSPS) is 17.2. The Balaban J connectivity index is 1.96. The van der Waals surface area contributed by atoms with E-state index in [0.717, 1.165) is 26.1 Å². The Labute approximate surface area is 83.9 Å². The SMILES string of the molecule is Fc1ccc(CN2CC=CCC2)cc1. The van der Waals surface area contributed by atoms with Gasteiger partial charge in [-0.15, -0.1) is 0 Å². The van der Waals surface area contributed by atoms with E-state index >= 15 is 0 Å². The molecular weight excluding hydrogens is 177 g/mol. The van der Waals surface area contributed by atoms with Crippen molar-refractivity contribution < 1.29 is 4.39 Å². The van der Waals surface area contributed by atoms with Crippen LogP contribution in [0.5, 0.6) is 0 Å². The molecule has 1 heterocycles. The average molecular weight is 191 g/mol. The molecule has 2 rings (SSSR count). The molecule has 1 aromatic rings. The van der Waals surface area contributed by atoms with E-state index in [2.05, 4.69) is 17.1 Å². The van der Waals surface area contributed by atoms with Crippen LogP contribution in [0.15, 0.2) is 36.4 Å². The van der Waals surface area contributed by atoms with E-state index in [1.807, 2.05) is 12.1 Å². The summed E-state index contributed by atoms with van der Waals surface area (Å²) < 4.78 is 12.6. The molecule has 0 fully saturated rings. The molecule has 0 aliphatic carbocycles. The Morgan fingerprint density at radius 3 is 2.57 bits per heavy atom. The van der Waals surface area contributed by atoms with Crippen molar-refractivity contribution in [3.63, 3.8) is 0 Å². The van der Waals surface area contributed by atoms with Gasteiger partial charge in [0, 0.05) is 19.6 Å². The molecule has 0 spiro atoms. The second-order valence-electron chi connectivity index (χ2n) is 3.62. The molecule has 1 nitrogen and oxygen atoms in total. The van der Waals surface area contributed by atoms with Gasteiger partial charge in [-0.25, -0.2) is 4.39 Å². The minimum Gasteiger partial charge on any atom is -0.295 e. The van der Waals surface area contributed by atoms with Crippen LogP contribution in [0.1, 0.15) is 12.0 Å². The first-order valence-corrected chi connectivity index (χ1v) is 4.96. The van der Waals surface area contributed by atoms with Crippen molar-refractivity contribution in [1.29, 1.82) is 0 Å². The fraction of sp³-hybridized carbons (Fsp3) is 0.333. The van der Waals surface area contributed by atoms with Crippen LogP contribution >= 0.6 is 0 Å². The van der Waals surface area contributed by atoms with Gasteiger partial charge in [0.1, 0.15) is 5.82 Å². The van der Waals surface area contributed by atoms with Crippen molar-refractivity contribution in [2.24, 2.45) is 0 Å². The molecule has 0 bridgehead atoms. The van der Waals surface area contributed by atoms with E-state index in [0.29, 0.717) is 0 Å². The zero-order valence-corrected chi connectivity index (χ0v) is 8.12. The van der Waals surface area contributed by atoms with Crippen LogP contribution < -0.4 is 0 Å². The van der Waals surface area contributed by atoms with E-state index in [4.69, 9.17) is 0 Å². The van der Waals surface area contributed by atoms with Crippen molar-refractivity contribution in [1.82, 2.24) is 4.90 Å². The molecular formula is C12H14FN. The zero-order chi connectivity index (χ0) is 9.80. The summed E-state index contributed by atoms with van der Waals surface area (Å²) in [7, 11) is 0. The van der Waals surface area contributed by atoms with Gasteiger partial charge in [0.2, 0.25) is 0 Å². The van der Waals surface area contributed by atoms with Crippen LogP contribution in [0.2, 0.25) is 0 Å². The van der Waals surface area contributed by atoms with Crippen LogP contribution in [0, 0.1) is 5.82 Å². The molecule has 2 heteroatoms. The van der Waals surface area contributed by atoms with Crippen LogP contribution in [0.4, 0.5) is 4.39 Å². The lowest BCUT2D eigenvalue weighted by Gasteiger charge is -2.22. The number of rotatable bonds is 2. The second kappa shape index (κ2) is 4.38. The quantitative estimate of drug-likeness (QED) is 0.649. The van der Waals surface area contributed by atoms with E-state index in [1.54, 1.807) is 0 Å². The Morgan fingerprint density at radius 1 is 1.14 bits per heavy atom. The van der Waals surface area contributed by atoms with Gasteiger partial charge in [0.25, 0.3) is 0 Å². The van der Waals surface area contributed by atoms with E-state index in [9.17, 15) is 4.39 Å². The van der Waals surface area contributed by atoms with Crippen LogP contribution in [0.25, 0.3) is 0 Å². The first kappa shape index (κ1) is 9.41. The van der Waals surface area contributed by atoms with Gasteiger partial charge in [-0.05, 0) is 24.1 Å². The molecule has 74 valence electrons. The molecule has 0 aromatic heterocycles. The molecule has 0 amide bonds. The highest BCUT2D eigenvalue weighted by molar-refractivity contribution is 5.16. The van der Waals surface area contributed by atoms with E-state index in [1.165, 1.54) is 17.7 Å². The van der Waals surface area contributed by atoms with Gasteiger partial charge in [-0.3, -0.25) is 4.90 Å². The maximum absolute atomic E-state index is 12.6. The smallest absolute Gasteiger partial charge is 0.123 e. The summed E-state index contributed by atoms with van der Waals surface area (Å²) in [6, 6.07) is 6.76. The second-order valence-corrected chi connectivity index (χ2v) is 3.62. The van der Waals surface area contributed by atoms with Gasteiger partial charge in [0.15, 0.2) is 0 Å². The molecule has 1 aliphatic rings. The lowest BCUT2D eigenvalue weighted by Crippen LogP contribution is -2.26. The van der Waals surface area contributed by atoms with Crippen LogP contribution in [0.3, 0.4) is 0 Å². The third-order valence-electron chi connectivity index (χ3n) is 2.46. The first-order valence-electron chi connectivity index (χ1n) is 4.96. The lowest BCUT2D eigenvalue weighted by molar-refractivity contribution is 0.290. The zero-order valence-electron chi connectivity index (χ0n) is 8.12. The van der Waals surface area contributed by atoms with Crippen LogP contribution in [-0.4, -0.2) is 18.0 Å².